The van der Waals surface area contributed by atoms with Gasteiger partial charge in [0.1, 0.15) is 5.75 Å². The number of benzene rings is 1. The van der Waals surface area contributed by atoms with E-state index in [1.807, 2.05) is 19.1 Å². The van der Waals surface area contributed by atoms with E-state index in [0.29, 0.717) is 13.2 Å². The molecule has 2 N–H and O–H groups in total. The van der Waals surface area contributed by atoms with Crippen LogP contribution < -0.4 is 10.1 Å². The maximum Gasteiger partial charge on any atom is 0.124 e. The lowest BCUT2D eigenvalue weighted by Crippen LogP contribution is -2.47. The van der Waals surface area contributed by atoms with Crippen molar-refractivity contribution in [3.05, 3.63) is 29.8 Å². The molecule has 0 saturated carbocycles. The number of nitrogens with zero attached hydrogens (tertiary/aromatic N) is 2. The molecule has 1 aromatic rings. The molecule has 1 saturated heterocycles. The Morgan fingerprint density at radius 1 is 1.32 bits per heavy atom. The number of ether oxygens (including phenoxy) is 1. The van der Waals surface area contributed by atoms with Gasteiger partial charge in [0.25, 0.3) is 0 Å². The molecule has 2 rings (SSSR count). The van der Waals surface area contributed by atoms with Crippen LogP contribution in [0.1, 0.15) is 18.5 Å². The third-order valence-corrected chi connectivity index (χ3v) is 4.20. The second-order valence-corrected chi connectivity index (χ2v) is 5.74. The third kappa shape index (κ3) is 4.68. The molecule has 0 aliphatic carbocycles. The molecule has 1 aliphatic heterocycles. The Hall–Kier alpha value is -1.14. The first-order chi connectivity index (χ1) is 10.8. The molecule has 1 aliphatic rings. The zero-order valence-corrected chi connectivity index (χ0v) is 13.8. The molecule has 1 atom stereocenters. The Morgan fingerprint density at radius 3 is 2.73 bits per heavy atom. The summed E-state index contributed by atoms with van der Waals surface area (Å²) in [6, 6.07) is 8.49. The van der Waals surface area contributed by atoms with Crippen molar-refractivity contribution in [1.82, 2.24) is 15.1 Å². The van der Waals surface area contributed by atoms with Crippen molar-refractivity contribution < 1.29 is 9.84 Å². The lowest BCUT2D eigenvalue weighted by atomic mass is 10.0. The summed E-state index contributed by atoms with van der Waals surface area (Å²) in [6.07, 6.45) is 0. The van der Waals surface area contributed by atoms with Crippen molar-refractivity contribution in [3.8, 4) is 5.75 Å². The van der Waals surface area contributed by atoms with E-state index < -0.39 is 0 Å². The lowest BCUT2D eigenvalue weighted by Gasteiger charge is -2.36. The van der Waals surface area contributed by atoms with Gasteiger partial charge in [0.2, 0.25) is 0 Å². The fraction of sp³-hybridized carbons (Fsp3) is 0.647. The van der Waals surface area contributed by atoms with E-state index >= 15 is 0 Å². The highest BCUT2D eigenvalue weighted by molar-refractivity contribution is 5.36. The highest BCUT2D eigenvalue weighted by Crippen LogP contribution is 2.29. The van der Waals surface area contributed by atoms with Crippen LogP contribution in [0, 0.1) is 0 Å². The number of piperazine rings is 1. The molecule has 0 bridgehead atoms. The molecular formula is C17H29N3O2. The van der Waals surface area contributed by atoms with Crippen LogP contribution in [-0.2, 0) is 0 Å². The van der Waals surface area contributed by atoms with E-state index in [1.165, 1.54) is 5.56 Å². The monoisotopic (exact) mass is 307 g/mol. The zero-order chi connectivity index (χ0) is 15.8. The first kappa shape index (κ1) is 17.2. The minimum Gasteiger partial charge on any atom is -0.494 e. The van der Waals surface area contributed by atoms with Crippen molar-refractivity contribution in [1.29, 1.82) is 0 Å². The summed E-state index contributed by atoms with van der Waals surface area (Å²) in [4.78, 5) is 4.71. The highest BCUT2D eigenvalue weighted by atomic mass is 16.5. The number of likely N-dealkylation sites (N-methyl/N-ethyl adjacent to an activating group) is 1. The number of rotatable bonds is 8. The van der Waals surface area contributed by atoms with E-state index in [-0.39, 0.29) is 12.6 Å². The molecule has 1 heterocycles. The first-order valence-corrected chi connectivity index (χ1v) is 8.22. The molecule has 22 heavy (non-hydrogen) atoms. The summed E-state index contributed by atoms with van der Waals surface area (Å²) >= 11 is 0. The topological polar surface area (TPSA) is 48.0 Å². The number of aliphatic hydroxyl groups excluding tert-OH is 1. The number of nitrogens with one attached hydrogen (secondary N) is 1. The number of hydrogen-bond acceptors (Lipinski definition) is 5. The fourth-order valence-electron chi connectivity index (χ4n) is 2.97. The first-order valence-electron chi connectivity index (χ1n) is 8.22. The number of aliphatic hydroxyl groups is 1. The van der Waals surface area contributed by atoms with Crippen molar-refractivity contribution >= 4 is 0 Å². The van der Waals surface area contributed by atoms with Gasteiger partial charge in [-0.2, -0.15) is 0 Å². The van der Waals surface area contributed by atoms with Gasteiger partial charge in [0.15, 0.2) is 0 Å². The molecule has 1 unspecified atom stereocenters. The van der Waals surface area contributed by atoms with Crippen molar-refractivity contribution in [2.45, 2.75) is 13.0 Å². The largest absolute Gasteiger partial charge is 0.494 e. The average molecular weight is 307 g/mol. The van der Waals surface area contributed by atoms with Gasteiger partial charge in [-0.05, 0) is 20.0 Å². The molecule has 1 fully saturated rings. The maximum atomic E-state index is 9.31. The number of hydrogen-bond donors (Lipinski definition) is 2. The SMILES string of the molecule is CCOc1ccccc1C(CN1CCNCC1)N(C)CCO. The zero-order valence-electron chi connectivity index (χ0n) is 13.8. The van der Waals surface area contributed by atoms with Gasteiger partial charge in [-0.25, -0.2) is 0 Å². The van der Waals surface area contributed by atoms with Crippen LogP contribution in [0.5, 0.6) is 5.75 Å². The normalized spacial score (nSPS) is 17.6. The van der Waals surface area contributed by atoms with Crippen LogP contribution >= 0.6 is 0 Å². The Kier molecular flexibility index (Phi) is 7.12. The van der Waals surface area contributed by atoms with Gasteiger partial charge in [0, 0.05) is 44.8 Å². The van der Waals surface area contributed by atoms with Gasteiger partial charge < -0.3 is 15.2 Å². The van der Waals surface area contributed by atoms with E-state index in [4.69, 9.17) is 4.74 Å². The molecule has 5 nitrogen and oxygen atoms in total. The standard InChI is InChI=1S/C17H29N3O2/c1-3-22-17-7-5-4-6-15(17)16(19(2)12-13-21)14-20-10-8-18-9-11-20/h4-7,16,18,21H,3,8-14H2,1-2H3. The van der Waals surface area contributed by atoms with Gasteiger partial charge in [-0.3, -0.25) is 9.80 Å². The summed E-state index contributed by atoms with van der Waals surface area (Å²) in [5.74, 6) is 0.954. The lowest BCUT2D eigenvalue weighted by molar-refractivity contribution is 0.127. The summed E-state index contributed by atoms with van der Waals surface area (Å²) < 4.78 is 5.82. The predicted molar refractivity (Wildman–Crippen MR) is 89.4 cm³/mol. The van der Waals surface area contributed by atoms with Crippen molar-refractivity contribution in [2.75, 3.05) is 59.5 Å². The molecule has 0 radical (unpaired) electrons. The third-order valence-electron chi connectivity index (χ3n) is 4.20. The summed E-state index contributed by atoms with van der Waals surface area (Å²) in [7, 11) is 2.08. The molecule has 1 aromatic carbocycles. The quantitative estimate of drug-likeness (QED) is 0.749. The molecule has 0 amide bonds. The smallest absolute Gasteiger partial charge is 0.124 e. The average Bonchev–Trinajstić information content (AvgIpc) is 2.55. The molecule has 124 valence electrons. The van der Waals surface area contributed by atoms with Crippen LogP contribution in [-0.4, -0.2) is 74.4 Å². The Labute approximate surface area is 133 Å². The fourth-order valence-corrected chi connectivity index (χ4v) is 2.97. The summed E-state index contributed by atoms with van der Waals surface area (Å²) in [5.41, 5.74) is 1.21. The van der Waals surface area contributed by atoms with Crippen LogP contribution in [0.15, 0.2) is 24.3 Å². The Balaban J connectivity index is 2.19. The molecule has 0 spiro atoms. The van der Waals surface area contributed by atoms with Gasteiger partial charge >= 0.3 is 0 Å². The summed E-state index contributed by atoms with van der Waals surface area (Å²) in [5, 5.41) is 12.7. The van der Waals surface area contributed by atoms with E-state index in [9.17, 15) is 5.11 Å². The second kappa shape index (κ2) is 9.10. The Morgan fingerprint density at radius 2 is 2.05 bits per heavy atom. The minimum atomic E-state index is 0.172. The van der Waals surface area contributed by atoms with Crippen molar-refractivity contribution in [2.24, 2.45) is 0 Å². The van der Waals surface area contributed by atoms with E-state index in [2.05, 4.69) is 34.3 Å². The van der Waals surface area contributed by atoms with Gasteiger partial charge in [-0.15, -0.1) is 0 Å². The summed E-state index contributed by atoms with van der Waals surface area (Å²) in [6.45, 7) is 8.71. The molecule has 0 aromatic heterocycles. The minimum absolute atomic E-state index is 0.172. The molecular weight excluding hydrogens is 278 g/mol. The Bertz CT molecular complexity index is 436. The van der Waals surface area contributed by atoms with Crippen molar-refractivity contribution in [3.63, 3.8) is 0 Å². The molecule has 5 heteroatoms. The highest BCUT2D eigenvalue weighted by Gasteiger charge is 2.24. The van der Waals surface area contributed by atoms with E-state index in [1.54, 1.807) is 0 Å². The van der Waals surface area contributed by atoms with E-state index in [0.717, 1.165) is 38.5 Å². The van der Waals surface area contributed by atoms with Gasteiger partial charge in [-0.1, -0.05) is 18.2 Å². The maximum absolute atomic E-state index is 9.31. The van der Waals surface area contributed by atoms with Crippen LogP contribution in [0.25, 0.3) is 0 Å². The second-order valence-electron chi connectivity index (χ2n) is 5.74. The van der Waals surface area contributed by atoms with Gasteiger partial charge in [0.05, 0.1) is 19.3 Å². The number of para-hydroxylation sites is 1. The van der Waals surface area contributed by atoms with Crippen LogP contribution in [0.3, 0.4) is 0 Å². The predicted octanol–water partition coefficient (Wildman–Crippen LogP) is 0.956. The van der Waals surface area contributed by atoms with Crippen LogP contribution in [0.2, 0.25) is 0 Å². The van der Waals surface area contributed by atoms with Crippen LogP contribution in [0.4, 0.5) is 0 Å².